The number of hydrogen-bond donors (Lipinski definition) is 3. The molecular formula is C19H22N4O9S. The van der Waals surface area contributed by atoms with Crippen LogP contribution in [0.1, 0.15) is 27.7 Å². The Morgan fingerprint density at radius 2 is 1.27 bits per heavy atom. The Morgan fingerprint density at radius 3 is 1.61 bits per heavy atom. The van der Waals surface area contributed by atoms with Crippen molar-refractivity contribution >= 4 is 58.5 Å². The number of amides is 7. The lowest BCUT2D eigenvalue weighted by Crippen LogP contribution is -2.58. The number of thioether (sulfide) groups is 1. The van der Waals surface area contributed by atoms with Crippen molar-refractivity contribution in [3.63, 3.8) is 0 Å². The minimum atomic E-state index is -1.45. The third-order valence-electron chi connectivity index (χ3n) is 4.02. The fourth-order valence-corrected chi connectivity index (χ4v) is 3.35. The summed E-state index contributed by atoms with van der Waals surface area (Å²) in [6.07, 6.45) is 1.79. The number of allylic oxidation sites excluding steroid dienone is 2. The first kappa shape index (κ1) is 27.2. The lowest BCUT2D eigenvalue weighted by atomic mass is 10.1. The molecule has 0 aromatic rings. The smallest absolute Gasteiger partial charge is 0.348 e. The first-order valence-electron chi connectivity index (χ1n) is 9.17. The van der Waals surface area contributed by atoms with Crippen molar-refractivity contribution in [2.24, 2.45) is 4.99 Å². The second-order valence-corrected chi connectivity index (χ2v) is 7.78. The van der Waals surface area contributed by atoms with Gasteiger partial charge in [0, 0.05) is 0 Å². The molecule has 2 aliphatic rings. The van der Waals surface area contributed by atoms with Crippen LogP contribution in [0.2, 0.25) is 0 Å². The summed E-state index contributed by atoms with van der Waals surface area (Å²) in [5, 5.41) is 20.0. The molecule has 7 amide bonds. The zero-order valence-corrected chi connectivity index (χ0v) is 19.2. The fraction of sp³-hybridized carbons (Fsp3) is 0.368. The Labute approximate surface area is 192 Å². The van der Waals surface area contributed by atoms with Crippen LogP contribution in [0.15, 0.2) is 27.3 Å². The minimum Gasteiger partial charge on any atom is -0.480 e. The minimum absolute atomic E-state index is 0.262. The molecule has 0 spiro atoms. The molecule has 0 bridgehead atoms. The van der Waals surface area contributed by atoms with E-state index in [4.69, 9.17) is 10.2 Å². The van der Waals surface area contributed by atoms with Gasteiger partial charge in [0.1, 0.15) is 23.7 Å². The van der Waals surface area contributed by atoms with Gasteiger partial charge in [-0.3, -0.25) is 29.3 Å². The maximum absolute atomic E-state index is 11.9. The SMILES string of the molecule is CC(C)=C1C(=O)N(CC(=O)O)C(=O)N(CC(=O)O)C1=O.CSC1=NC(=O)NC(=O)C1=C(C)C. The number of hydrogen-bond acceptors (Lipinski definition) is 8. The number of nitrogens with one attached hydrogen (secondary N) is 1. The van der Waals surface area contributed by atoms with E-state index in [1.807, 2.05) is 13.8 Å². The summed E-state index contributed by atoms with van der Waals surface area (Å²) in [7, 11) is 0. The van der Waals surface area contributed by atoms with E-state index in [0.717, 1.165) is 5.57 Å². The van der Waals surface area contributed by atoms with Gasteiger partial charge < -0.3 is 10.2 Å². The number of barbiturate groups is 1. The Kier molecular flexibility index (Phi) is 9.22. The van der Waals surface area contributed by atoms with Crippen molar-refractivity contribution < 1.29 is 43.8 Å². The molecule has 1 saturated heterocycles. The van der Waals surface area contributed by atoms with Gasteiger partial charge in [-0.25, -0.2) is 19.4 Å². The van der Waals surface area contributed by atoms with E-state index in [1.165, 1.54) is 25.6 Å². The van der Waals surface area contributed by atoms with Gasteiger partial charge in [0.25, 0.3) is 17.7 Å². The average molecular weight is 482 g/mol. The second-order valence-electron chi connectivity index (χ2n) is 6.98. The first-order chi connectivity index (χ1) is 15.2. The summed E-state index contributed by atoms with van der Waals surface area (Å²) in [6, 6.07) is -1.84. The van der Waals surface area contributed by atoms with Crippen LogP contribution >= 0.6 is 11.8 Å². The van der Waals surface area contributed by atoms with E-state index in [9.17, 15) is 33.6 Å². The van der Waals surface area contributed by atoms with Crippen LogP contribution in [-0.4, -0.2) is 86.1 Å². The highest BCUT2D eigenvalue weighted by Crippen LogP contribution is 2.20. The molecule has 13 nitrogen and oxygen atoms in total. The summed E-state index contributed by atoms with van der Waals surface area (Å²) >= 11 is 1.30. The molecule has 1 fully saturated rings. The van der Waals surface area contributed by atoms with Crippen molar-refractivity contribution in [2.45, 2.75) is 27.7 Å². The highest BCUT2D eigenvalue weighted by Gasteiger charge is 2.43. The number of nitrogens with zero attached hydrogens (tertiary/aromatic N) is 3. The number of carbonyl (C=O) groups is 7. The molecule has 0 saturated carbocycles. The zero-order chi connectivity index (χ0) is 25.6. The Balaban J connectivity index is 0.000000361. The van der Waals surface area contributed by atoms with Gasteiger partial charge >= 0.3 is 24.0 Å². The van der Waals surface area contributed by atoms with Gasteiger partial charge in [0.15, 0.2) is 0 Å². The normalized spacial score (nSPS) is 16.2. The quantitative estimate of drug-likeness (QED) is 0.378. The largest absolute Gasteiger partial charge is 0.480 e. The molecule has 0 unspecified atom stereocenters. The molecule has 0 aromatic heterocycles. The van der Waals surface area contributed by atoms with Crippen molar-refractivity contribution in [3.8, 4) is 0 Å². The first-order valence-corrected chi connectivity index (χ1v) is 10.4. The van der Waals surface area contributed by atoms with E-state index < -0.39 is 54.5 Å². The zero-order valence-electron chi connectivity index (χ0n) is 18.4. The van der Waals surface area contributed by atoms with Gasteiger partial charge in [0.2, 0.25) is 0 Å². The number of carboxylic acids is 2. The molecule has 0 aromatic carbocycles. The summed E-state index contributed by atoms with van der Waals surface area (Å²) < 4.78 is 0. The molecule has 2 rings (SSSR count). The highest BCUT2D eigenvalue weighted by molar-refractivity contribution is 8.14. The molecule has 0 aliphatic carbocycles. The number of urea groups is 2. The van der Waals surface area contributed by atoms with Gasteiger partial charge in [-0.15, -0.1) is 11.8 Å². The number of rotatable bonds is 4. The predicted octanol–water partition coefficient (Wildman–Crippen LogP) is 0.617. The lowest BCUT2D eigenvalue weighted by Gasteiger charge is -2.32. The maximum atomic E-state index is 11.9. The van der Waals surface area contributed by atoms with Crippen molar-refractivity contribution in [1.29, 1.82) is 0 Å². The molecule has 178 valence electrons. The monoisotopic (exact) mass is 482 g/mol. The van der Waals surface area contributed by atoms with Crippen LogP contribution in [0.4, 0.5) is 9.59 Å². The van der Waals surface area contributed by atoms with Gasteiger partial charge in [-0.2, -0.15) is 4.99 Å². The third-order valence-corrected chi connectivity index (χ3v) is 4.71. The average Bonchev–Trinajstić information content (AvgIpc) is 2.67. The summed E-state index contributed by atoms with van der Waals surface area (Å²) in [5.74, 6) is -5.34. The standard InChI is InChI=1S/C11H12N2O7.C8H10N2O2S/c1-5(2)8-9(18)12(3-6(14)15)11(20)13(10(8)19)4-7(16)17;1-4(2)5-6(11)9-8(12)10-7(5)13-3/h3-4H2,1-2H3,(H,14,15)(H,16,17);1-3H3,(H,9,11,12). The number of imide groups is 3. The summed E-state index contributed by atoms with van der Waals surface area (Å²) in [4.78, 5) is 83.6. The van der Waals surface area contributed by atoms with Gasteiger partial charge in [-0.05, 0) is 34.0 Å². The second kappa shape index (κ2) is 11.2. The molecule has 14 heteroatoms. The summed E-state index contributed by atoms with van der Waals surface area (Å²) in [5.41, 5.74) is 1.23. The van der Waals surface area contributed by atoms with Crippen LogP contribution in [-0.2, 0) is 24.0 Å². The van der Waals surface area contributed by atoms with Crippen molar-refractivity contribution in [2.75, 3.05) is 19.3 Å². The third kappa shape index (κ3) is 6.58. The molecule has 2 aliphatic heterocycles. The van der Waals surface area contributed by atoms with E-state index in [2.05, 4.69) is 10.3 Å². The van der Waals surface area contributed by atoms with E-state index in [0.29, 0.717) is 20.4 Å². The Morgan fingerprint density at radius 1 is 0.848 bits per heavy atom. The van der Waals surface area contributed by atoms with E-state index >= 15 is 0 Å². The van der Waals surface area contributed by atoms with Gasteiger partial charge in [-0.1, -0.05) is 11.1 Å². The van der Waals surface area contributed by atoms with Crippen molar-refractivity contribution in [3.05, 3.63) is 22.3 Å². The number of aliphatic imine (C=N–C) groups is 1. The van der Waals surface area contributed by atoms with Crippen LogP contribution in [0.5, 0.6) is 0 Å². The number of carboxylic acid groups (broad SMARTS) is 2. The predicted molar refractivity (Wildman–Crippen MR) is 115 cm³/mol. The molecular weight excluding hydrogens is 460 g/mol. The maximum Gasteiger partial charge on any atom is 0.348 e. The molecule has 0 radical (unpaired) electrons. The van der Waals surface area contributed by atoms with E-state index in [-0.39, 0.29) is 11.5 Å². The molecule has 0 atom stereocenters. The van der Waals surface area contributed by atoms with Crippen LogP contribution in [0.3, 0.4) is 0 Å². The molecule has 3 N–H and O–H groups in total. The van der Waals surface area contributed by atoms with Crippen LogP contribution < -0.4 is 5.32 Å². The van der Waals surface area contributed by atoms with Gasteiger partial charge in [0.05, 0.1) is 5.57 Å². The molecule has 2 heterocycles. The molecule has 33 heavy (non-hydrogen) atoms. The Bertz CT molecular complexity index is 994. The van der Waals surface area contributed by atoms with Crippen LogP contribution in [0.25, 0.3) is 0 Å². The number of aliphatic carboxylic acids is 2. The Hall–Kier alpha value is -3.81. The van der Waals surface area contributed by atoms with Crippen molar-refractivity contribution in [1.82, 2.24) is 15.1 Å². The fourth-order valence-electron chi connectivity index (χ4n) is 2.68. The number of carbonyl (C=O) groups excluding carboxylic acids is 5. The highest BCUT2D eigenvalue weighted by atomic mass is 32.2. The summed E-state index contributed by atoms with van der Waals surface area (Å²) in [6.45, 7) is 4.60. The topological polar surface area (TPSA) is 191 Å². The lowest BCUT2D eigenvalue weighted by molar-refractivity contribution is -0.147. The van der Waals surface area contributed by atoms with E-state index in [1.54, 1.807) is 6.26 Å². The van der Waals surface area contributed by atoms with Crippen LogP contribution in [0, 0.1) is 0 Å².